The summed E-state index contributed by atoms with van der Waals surface area (Å²) in [4.78, 5) is 31.6. The van der Waals surface area contributed by atoms with Crippen LogP contribution in [-0.4, -0.2) is 32.9 Å². The summed E-state index contributed by atoms with van der Waals surface area (Å²) in [6.07, 6.45) is 1.43. The number of aromatic nitrogens is 2. The fraction of sp³-hybridized carbons (Fsp3) is 0.250. The predicted molar refractivity (Wildman–Crippen MR) is 115 cm³/mol. The zero-order valence-corrected chi connectivity index (χ0v) is 18.0. The number of anilines is 1. The first-order valence-electron chi connectivity index (χ1n) is 10.6. The number of pyridine rings is 2. The minimum absolute atomic E-state index is 0.0417. The van der Waals surface area contributed by atoms with Crippen molar-refractivity contribution in [3.63, 3.8) is 0 Å². The number of hydrogen-bond donors (Lipinski definition) is 2. The van der Waals surface area contributed by atoms with Crippen molar-refractivity contribution in [2.24, 2.45) is 0 Å². The highest BCUT2D eigenvalue weighted by atomic mass is 19.3. The molecule has 1 amide bonds. The zero-order valence-electron chi connectivity index (χ0n) is 18.0. The lowest BCUT2D eigenvalue weighted by Gasteiger charge is -2.29. The van der Waals surface area contributed by atoms with Crippen LogP contribution in [-0.2, 0) is 0 Å². The van der Waals surface area contributed by atoms with Gasteiger partial charge in [0, 0.05) is 42.3 Å². The molecule has 2 heterocycles. The Labute approximate surface area is 195 Å². The number of aromatic carboxylic acids is 1. The molecule has 182 valence electrons. The number of carbonyl (C=O) groups excluding carboxylic acids is 1. The molecule has 0 bridgehead atoms. The number of nitrogens with one attached hydrogen (secondary N) is 1. The van der Waals surface area contributed by atoms with Crippen LogP contribution in [0.5, 0.6) is 0 Å². The van der Waals surface area contributed by atoms with Crippen LogP contribution < -0.4 is 5.32 Å². The van der Waals surface area contributed by atoms with Crippen LogP contribution in [0, 0.1) is 17.5 Å². The van der Waals surface area contributed by atoms with Gasteiger partial charge < -0.3 is 10.4 Å². The lowest BCUT2D eigenvalue weighted by molar-refractivity contribution is -0.0384. The van der Waals surface area contributed by atoms with E-state index in [2.05, 4.69) is 15.3 Å². The SMILES string of the molecule is O=C(Nc1c(-c2cc(F)ccc2F)ccnc1C1CCC(F)(F)CC1)c1cnc(C(=O)O)c(F)c1. The van der Waals surface area contributed by atoms with E-state index in [1.165, 1.54) is 12.3 Å². The van der Waals surface area contributed by atoms with Crippen molar-refractivity contribution in [1.29, 1.82) is 0 Å². The van der Waals surface area contributed by atoms with Gasteiger partial charge in [0.05, 0.1) is 16.9 Å². The summed E-state index contributed by atoms with van der Waals surface area (Å²) in [6.45, 7) is 0. The number of alkyl halides is 2. The van der Waals surface area contributed by atoms with Gasteiger partial charge in [0.1, 0.15) is 11.6 Å². The number of amides is 1. The molecule has 1 fully saturated rings. The Bertz CT molecular complexity index is 1310. The maximum atomic E-state index is 14.6. The molecule has 35 heavy (non-hydrogen) atoms. The van der Waals surface area contributed by atoms with Crippen LogP contribution >= 0.6 is 0 Å². The molecule has 2 N–H and O–H groups in total. The van der Waals surface area contributed by atoms with E-state index in [9.17, 15) is 31.5 Å². The van der Waals surface area contributed by atoms with Gasteiger partial charge in [-0.1, -0.05) is 0 Å². The number of rotatable bonds is 5. The van der Waals surface area contributed by atoms with Gasteiger partial charge in [-0.2, -0.15) is 0 Å². The zero-order chi connectivity index (χ0) is 25.3. The molecule has 2 aromatic heterocycles. The Morgan fingerprint density at radius 2 is 1.69 bits per heavy atom. The van der Waals surface area contributed by atoms with Crippen molar-refractivity contribution in [1.82, 2.24) is 9.97 Å². The van der Waals surface area contributed by atoms with E-state index >= 15 is 0 Å². The highest BCUT2D eigenvalue weighted by molar-refractivity contribution is 6.07. The van der Waals surface area contributed by atoms with E-state index < -0.39 is 59.7 Å². The molecule has 6 nitrogen and oxygen atoms in total. The summed E-state index contributed by atoms with van der Waals surface area (Å²) in [5.74, 6) is -8.68. The van der Waals surface area contributed by atoms with Crippen molar-refractivity contribution in [2.45, 2.75) is 37.5 Å². The van der Waals surface area contributed by atoms with E-state index in [-0.39, 0.29) is 40.9 Å². The van der Waals surface area contributed by atoms with Crippen LogP contribution in [0.2, 0.25) is 0 Å². The fourth-order valence-corrected chi connectivity index (χ4v) is 4.07. The van der Waals surface area contributed by atoms with Crippen LogP contribution in [0.4, 0.5) is 27.6 Å². The summed E-state index contributed by atoms with van der Waals surface area (Å²) in [5, 5.41) is 11.4. The van der Waals surface area contributed by atoms with Crippen molar-refractivity contribution in [3.05, 3.63) is 77.1 Å². The minimum atomic E-state index is -2.83. The molecule has 1 saturated carbocycles. The number of benzene rings is 1. The van der Waals surface area contributed by atoms with Gasteiger partial charge in [0.2, 0.25) is 5.92 Å². The maximum Gasteiger partial charge on any atom is 0.357 e. The molecular formula is C24H18F5N3O3. The Kier molecular flexibility index (Phi) is 6.51. The second kappa shape index (κ2) is 9.40. The molecule has 1 aliphatic carbocycles. The summed E-state index contributed by atoms with van der Waals surface area (Å²) < 4.78 is 70.1. The Hall–Kier alpha value is -3.89. The lowest BCUT2D eigenvalue weighted by Crippen LogP contribution is -2.25. The third kappa shape index (κ3) is 5.13. The van der Waals surface area contributed by atoms with Gasteiger partial charge in [-0.25, -0.2) is 31.7 Å². The molecule has 0 aliphatic heterocycles. The fourth-order valence-electron chi connectivity index (χ4n) is 4.07. The molecule has 0 atom stereocenters. The second-order valence-electron chi connectivity index (χ2n) is 8.19. The summed E-state index contributed by atoms with van der Waals surface area (Å²) in [5.41, 5.74) is -1.22. The van der Waals surface area contributed by atoms with E-state index in [0.717, 1.165) is 24.4 Å². The average molecular weight is 491 g/mol. The highest BCUT2D eigenvalue weighted by Gasteiger charge is 2.37. The van der Waals surface area contributed by atoms with Gasteiger partial charge in [-0.05, 0) is 43.2 Å². The van der Waals surface area contributed by atoms with Crippen molar-refractivity contribution in [3.8, 4) is 11.1 Å². The smallest absolute Gasteiger partial charge is 0.357 e. The molecule has 0 saturated heterocycles. The van der Waals surface area contributed by atoms with Crippen molar-refractivity contribution >= 4 is 17.6 Å². The van der Waals surface area contributed by atoms with Gasteiger partial charge in [0.25, 0.3) is 5.91 Å². The molecule has 1 aromatic carbocycles. The molecule has 0 spiro atoms. The standard InChI is InChI=1S/C24H18F5N3O3/c25-14-1-2-17(26)16(10-14)15-5-8-30-19(12-3-6-24(28,29)7-4-12)20(15)32-22(33)13-9-18(27)21(23(34)35)31-11-13/h1-2,5,8-12H,3-4,6-7H2,(H,32,33)(H,34,35). The number of hydrogen-bond acceptors (Lipinski definition) is 4. The highest BCUT2D eigenvalue weighted by Crippen LogP contribution is 2.44. The monoisotopic (exact) mass is 491 g/mol. The minimum Gasteiger partial charge on any atom is -0.476 e. The van der Waals surface area contributed by atoms with Gasteiger partial charge in [0.15, 0.2) is 11.5 Å². The van der Waals surface area contributed by atoms with Crippen LogP contribution in [0.25, 0.3) is 11.1 Å². The van der Waals surface area contributed by atoms with E-state index in [4.69, 9.17) is 5.11 Å². The molecule has 3 aromatic rings. The Morgan fingerprint density at radius 1 is 0.971 bits per heavy atom. The van der Waals surface area contributed by atoms with Crippen LogP contribution in [0.3, 0.4) is 0 Å². The quantitative estimate of drug-likeness (QED) is 0.440. The first-order chi connectivity index (χ1) is 16.6. The van der Waals surface area contributed by atoms with Gasteiger partial charge >= 0.3 is 5.97 Å². The number of halogens is 5. The first-order valence-corrected chi connectivity index (χ1v) is 10.6. The predicted octanol–water partition coefficient (Wildman–Crippen LogP) is 5.80. The van der Waals surface area contributed by atoms with Crippen molar-refractivity contribution in [2.75, 3.05) is 5.32 Å². The largest absolute Gasteiger partial charge is 0.476 e. The van der Waals surface area contributed by atoms with Crippen molar-refractivity contribution < 1.29 is 36.6 Å². The summed E-state index contributed by atoms with van der Waals surface area (Å²) in [7, 11) is 0. The number of carboxylic acids is 1. The lowest BCUT2D eigenvalue weighted by atomic mass is 9.83. The molecule has 0 unspecified atom stereocenters. The third-order valence-corrected chi connectivity index (χ3v) is 5.85. The second-order valence-corrected chi connectivity index (χ2v) is 8.19. The number of carboxylic acid groups (broad SMARTS) is 1. The molecule has 4 rings (SSSR count). The number of nitrogens with zero attached hydrogens (tertiary/aromatic N) is 2. The van der Waals surface area contributed by atoms with E-state index in [1.807, 2.05) is 0 Å². The maximum absolute atomic E-state index is 14.6. The number of carbonyl (C=O) groups is 2. The Balaban J connectivity index is 1.78. The van der Waals surface area contributed by atoms with Gasteiger partial charge in [-0.15, -0.1) is 0 Å². The topological polar surface area (TPSA) is 92.2 Å². The molecular weight excluding hydrogens is 473 g/mol. The average Bonchev–Trinajstić information content (AvgIpc) is 2.80. The van der Waals surface area contributed by atoms with E-state index in [1.54, 1.807) is 0 Å². The molecule has 1 aliphatic rings. The molecule has 11 heteroatoms. The van der Waals surface area contributed by atoms with Crippen LogP contribution in [0.15, 0.2) is 42.7 Å². The van der Waals surface area contributed by atoms with Crippen LogP contribution in [0.1, 0.15) is 58.1 Å². The first kappa shape index (κ1) is 24.2. The normalized spacial score (nSPS) is 15.6. The summed E-state index contributed by atoms with van der Waals surface area (Å²) >= 11 is 0. The third-order valence-electron chi connectivity index (χ3n) is 5.85. The molecule has 0 radical (unpaired) electrons. The Morgan fingerprint density at radius 3 is 2.34 bits per heavy atom. The van der Waals surface area contributed by atoms with E-state index in [0.29, 0.717) is 6.07 Å². The van der Waals surface area contributed by atoms with Gasteiger partial charge in [-0.3, -0.25) is 9.78 Å². The summed E-state index contributed by atoms with van der Waals surface area (Å²) in [6, 6.07) is 4.75.